The van der Waals surface area contributed by atoms with E-state index in [9.17, 15) is 22.8 Å². The molecule has 8 heteroatoms. The number of para-hydroxylation sites is 1. The van der Waals surface area contributed by atoms with Crippen molar-refractivity contribution in [1.82, 2.24) is 4.90 Å². The zero-order chi connectivity index (χ0) is 16.1. The van der Waals surface area contributed by atoms with E-state index in [1.807, 2.05) is 0 Å². The fourth-order valence-corrected chi connectivity index (χ4v) is 3.21. The van der Waals surface area contributed by atoms with Gasteiger partial charge in [-0.05, 0) is 6.07 Å². The summed E-state index contributed by atoms with van der Waals surface area (Å²) in [6.07, 6.45) is -5.91. The van der Waals surface area contributed by atoms with Crippen molar-refractivity contribution in [3.8, 4) is 0 Å². The maximum Gasteiger partial charge on any atom is 0.471 e. The third-order valence-corrected chi connectivity index (χ3v) is 3.98. The van der Waals surface area contributed by atoms with Crippen LogP contribution in [0.4, 0.5) is 18.9 Å². The molecular weight excluding hydrogens is 301 g/mol. The quantitative estimate of drug-likeness (QED) is 0.806. The van der Waals surface area contributed by atoms with Crippen molar-refractivity contribution < 1.29 is 27.5 Å². The summed E-state index contributed by atoms with van der Waals surface area (Å²) in [6.45, 7) is 1.05. The van der Waals surface area contributed by atoms with Gasteiger partial charge in [-0.25, -0.2) is 0 Å². The molecule has 0 unspecified atom stereocenters. The number of carbonyl (C=O) groups is 2. The molecule has 0 bridgehead atoms. The molecule has 1 N–H and O–H groups in total. The summed E-state index contributed by atoms with van der Waals surface area (Å²) < 4.78 is 43.6. The van der Waals surface area contributed by atoms with E-state index < -0.39 is 29.8 Å². The number of carbonyl (C=O) groups excluding carboxylic acids is 2. The highest BCUT2D eigenvalue weighted by Gasteiger charge is 2.60. The number of benzene rings is 1. The molecule has 1 saturated heterocycles. The Morgan fingerprint density at radius 1 is 1.36 bits per heavy atom. The normalized spacial score (nSPS) is 26.2. The van der Waals surface area contributed by atoms with E-state index in [-0.39, 0.29) is 13.0 Å². The van der Waals surface area contributed by atoms with Crippen LogP contribution in [0.3, 0.4) is 0 Å². The molecule has 1 fully saturated rings. The van der Waals surface area contributed by atoms with Crippen LogP contribution < -0.4 is 5.32 Å². The van der Waals surface area contributed by atoms with Gasteiger partial charge < -0.3 is 15.0 Å². The summed E-state index contributed by atoms with van der Waals surface area (Å²) >= 11 is 0. The molecule has 118 valence electrons. The van der Waals surface area contributed by atoms with Crippen molar-refractivity contribution in [1.29, 1.82) is 0 Å². The zero-order valence-corrected chi connectivity index (χ0v) is 11.6. The lowest BCUT2D eigenvalue weighted by atomic mass is 9.92. The smallest absolute Gasteiger partial charge is 0.450 e. The molecule has 2 aliphatic rings. The molecule has 0 saturated carbocycles. The first kappa shape index (κ1) is 14.7. The van der Waals surface area contributed by atoms with E-state index in [4.69, 9.17) is 4.74 Å². The van der Waals surface area contributed by atoms with Gasteiger partial charge in [0.2, 0.25) is 0 Å². The zero-order valence-electron chi connectivity index (χ0n) is 11.6. The van der Waals surface area contributed by atoms with Crippen LogP contribution in [0, 0.1) is 0 Å². The lowest BCUT2D eigenvalue weighted by Crippen LogP contribution is -2.51. The Bertz CT molecular complexity index is 646. The number of hydrogen-bond acceptors (Lipinski definition) is 4. The SMILES string of the molecule is CC(=O)O[C@]12CCN(C(=O)C(F)(F)F)[C@H]1Nc1ccccc12. The number of nitrogens with zero attached hydrogens (tertiary/aromatic N) is 1. The lowest BCUT2D eigenvalue weighted by molar-refractivity contribution is -0.188. The van der Waals surface area contributed by atoms with Crippen LogP contribution in [0.15, 0.2) is 24.3 Å². The molecule has 5 nitrogen and oxygen atoms in total. The number of esters is 1. The van der Waals surface area contributed by atoms with Gasteiger partial charge >= 0.3 is 18.1 Å². The summed E-state index contributed by atoms with van der Waals surface area (Å²) in [5.74, 6) is -2.54. The average molecular weight is 314 g/mol. The van der Waals surface area contributed by atoms with Crippen molar-refractivity contribution in [2.24, 2.45) is 0 Å². The Labute approximate surface area is 124 Å². The van der Waals surface area contributed by atoms with E-state index in [0.29, 0.717) is 16.2 Å². The minimum atomic E-state index is -4.97. The number of amides is 1. The number of alkyl halides is 3. The highest BCUT2D eigenvalue weighted by molar-refractivity contribution is 5.84. The molecular formula is C14H13F3N2O3. The summed E-state index contributed by atoms with van der Waals surface area (Å²) in [4.78, 5) is 23.7. The van der Waals surface area contributed by atoms with Crippen molar-refractivity contribution in [2.45, 2.75) is 31.3 Å². The van der Waals surface area contributed by atoms with Gasteiger partial charge in [0.1, 0.15) is 6.17 Å². The molecule has 1 aromatic rings. The average Bonchev–Trinajstić information content (AvgIpc) is 2.90. The topological polar surface area (TPSA) is 58.6 Å². The van der Waals surface area contributed by atoms with Crippen LogP contribution in [0.1, 0.15) is 18.9 Å². The Morgan fingerprint density at radius 2 is 2.05 bits per heavy atom. The van der Waals surface area contributed by atoms with Gasteiger partial charge in [-0.3, -0.25) is 9.59 Å². The van der Waals surface area contributed by atoms with Gasteiger partial charge in [0.25, 0.3) is 0 Å². The van der Waals surface area contributed by atoms with Gasteiger partial charge in [0, 0.05) is 31.1 Å². The largest absolute Gasteiger partial charge is 0.471 e. The number of ether oxygens (including phenoxy) is 1. The Kier molecular flexibility index (Phi) is 3.08. The molecule has 2 atom stereocenters. The summed E-state index contributed by atoms with van der Waals surface area (Å²) in [7, 11) is 0. The van der Waals surface area contributed by atoms with Gasteiger partial charge in [-0.15, -0.1) is 0 Å². The van der Waals surface area contributed by atoms with E-state index in [1.54, 1.807) is 24.3 Å². The number of likely N-dealkylation sites (tertiary alicyclic amines) is 1. The molecule has 22 heavy (non-hydrogen) atoms. The summed E-state index contributed by atoms with van der Waals surface area (Å²) in [5, 5.41) is 2.87. The predicted molar refractivity (Wildman–Crippen MR) is 69.7 cm³/mol. The Balaban J connectivity index is 2.03. The van der Waals surface area contributed by atoms with E-state index in [2.05, 4.69) is 5.32 Å². The molecule has 2 heterocycles. The van der Waals surface area contributed by atoms with Crippen molar-refractivity contribution >= 4 is 17.6 Å². The van der Waals surface area contributed by atoms with Gasteiger partial charge in [0.15, 0.2) is 5.60 Å². The summed E-state index contributed by atoms with van der Waals surface area (Å²) in [5.41, 5.74) is -0.121. The van der Waals surface area contributed by atoms with Crippen LogP contribution in [0.5, 0.6) is 0 Å². The second-order valence-corrected chi connectivity index (χ2v) is 5.32. The minimum Gasteiger partial charge on any atom is -0.450 e. The maximum absolute atomic E-state index is 12.7. The first-order chi connectivity index (χ1) is 10.3. The number of halogens is 3. The molecule has 2 aliphatic heterocycles. The fourth-order valence-electron chi connectivity index (χ4n) is 3.21. The number of nitrogens with one attached hydrogen (secondary N) is 1. The second kappa shape index (κ2) is 4.62. The first-order valence-corrected chi connectivity index (χ1v) is 6.69. The third kappa shape index (κ3) is 2.01. The number of anilines is 1. The molecule has 0 spiro atoms. The Hall–Kier alpha value is -2.25. The van der Waals surface area contributed by atoms with Crippen LogP contribution >= 0.6 is 0 Å². The van der Waals surface area contributed by atoms with Crippen molar-refractivity contribution in [3.63, 3.8) is 0 Å². The van der Waals surface area contributed by atoms with Crippen LogP contribution in [0.2, 0.25) is 0 Å². The molecule has 1 amide bonds. The van der Waals surface area contributed by atoms with E-state index in [1.165, 1.54) is 6.92 Å². The van der Waals surface area contributed by atoms with Gasteiger partial charge in [-0.1, -0.05) is 18.2 Å². The minimum absolute atomic E-state index is 0.114. The van der Waals surface area contributed by atoms with Gasteiger partial charge in [-0.2, -0.15) is 13.2 Å². The van der Waals surface area contributed by atoms with E-state index in [0.717, 1.165) is 0 Å². The second-order valence-electron chi connectivity index (χ2n) is 5.32. The van der Waals surface area contributed by atoms with E-state index >= 15 is 0 Å². The van der Waals surface area contributed by atoms with Crippen molar-refractivity contribution in [3.05, 3.63) is 29.8 Å². The van der Waals surface area contributed by atoms with Crippen LogP contribution in [-0.4, -0.2) is 35.7 Å². The van der Waals surface area contributed by atoms with Crippen LogP contribution in [0.25, 0.3) is 0 Å². The maximum atomic E-state index is 12.7. The standard InChI is InChI=1S/C14H13F3N2O3/c1-8(20)22-13-6-7-19(12(21)14(15,16)17)11(13)18-10-5-3-2-4-9(10)13/h2-5,11,18H,6-7H2,1H3/t11-,13+/m1/s1. The molecule has 1 aromatic carbocycles. The molecule has 0 aromatic heterocycles. The molecule has 0 aliphatic carbocycles. The summed E-state index contributed by atoms with van der Waals surface area (Å²) in [6, 6.07) is 6.79. The number of fused-ring (bicyclic) bond motifs is 3. The monoisotopic (exact) mass is 314 g/mol. The van der Waals surface area contributed by atoms with Crippen molar-refractivity contribution in [2.75, 3.05) is 11.9 Å². The first-order valence-electron chi connectivity index (χ1n) is 6.69. The number of rotatable bonds is 1. The predicted octanol–water partition coefficient (Wildman–Crippen LogP) is 1.99. The Morgan fingerprint density at radius 3 is 2.68 bits per heavy atom. The van der Waals surface area contributed by atoms with Crippen LogP contribution in [-0.2, 0) is 19.9 Å². The van der Waals surface area contributed by atoms with Gasteiger partial charge in [0.05, 0.1) is 0 Å². The third-order valence-electron chi connectivity index (χ3n) is 3.98. The number of hydrogen-bond donors (Lipinski definition) is 1. The fraction of sp³-hybridized carbons (Fsp3) is 0.429. The molecule has 0 radical (unpaired) electrons. The molecule has 3 rings (SSSR count). The lowest BCUT2D eigenvalue weighted by Gasteiger charge is -2.32. The highest BCUT2D eigenvalue weighted by atomic mass is 19.4. The highest BCUT2D eigenvalue weighted by Crippen LogP contribution is 2.50.